The molecule has 1 heterocycles. The molecule has 1 fully saturated rings. The molecule has 1 amide bonds. The van der Waals surface area contributed by atoms with E-state index < -0.39 is 10.0 Å². The second-order valence-electron chi connectivity index (χ2n) is 8.65. The van der Waals surface area contributed by atoms with Crippen LogP contribution >= 0.6 is 0 Å². The highest BCUT2D eigenvalue weighted by molar-refractivity contribution is 7.89. The SMILES string of the molecule is CC(C)c1ccc(C(NC(=O)c2ccc(S(=O)(=O)N3CCCC3)cc2)C(C)C)cc1. The van der Waals surface area contributed by atoms with Gasteiger partial charge in [0.25, 0.3) is 5.91 Å². The summed E-state index contributed by atoms with van der Waals surface area (Å²) in [6, 6.07) is 14.5. The highest BCUT2D eigenvalue weighted by atomic mass is 32.2. The number of carbonyl (C=O) groups excluding carboxylic acids is 1. The molecule has 0 radical (unpaired) electrons. The van der Waals surface area contributed by atoms with E-state index >= 15 is 0 Å². The molecule has 1 N–H and O–H groups in total. The van der Waals surface area contributed by atoms with Crippen LogP contribution in [0.15, 0.2) is 53.4 Å². The number of hydrogen-bond donors (Lipinski definition) is 1. The van der Waals surface area contributed by atoms with Crippen molar-refractivity contribution in [2.75, 3.05) is 13.1 Å². The van der Waals surface area contributed by atoms with Crippen molar-refractivity contribution < 1.29 is 13.2 Å². The predicted octanol–water partition coefficient (Wildman–Crippen LogP) is 4.72. The van der Waals surface area contributed by atoms with Gasteiger partial charge in [-0.3, -0.25) is 4.79 Å². The fraction of sp³-hybridized carbons (Fsp3) is 0.458. The highest BCUT2D eigenvalue weighted by Crippen LogP contribution is 2.25. The molecular weight excluding hydrogens is 396 g/mol. The fourth-order valence-corrected chi connectivity index (χ4v) is 5.32. The van der Waals surface area contributed by atoms with Gasteiger partial charge in [-0.05, 0) is 60.1 Å². The van der Waals surface area contributed by atoms with E-state index in [1.807, 2.05) is 0 Å². The first-order valence-corrected chi connectivity index (χ1v) is 12.1. The summed E-state index contributed by atoms with van der Waals surface area (Å²) in [4.78, 5) is 13.1. The zero-order chi connectivity index (χ0) is 21.9. The zero-order valence-corrected chi connectivity index (χ0v) is 19.1. The average Bonchev–Trinajstić information content (AvgIpc) is 3.27. The summed E-state index contributed by atoms with van der Waals surface area (Å²) in [7, 11) is -3.47. The van der Waals surface area contributed by atoms with Crippen LogP contribution in [0, 0.1) is 5.92 Å². The molecule has 0 spiro atoms. The smallest absolute Gasteiger partial charge is 0.251 e. The van der Waals surface area contributed by atoms with Gasteiger partial charge in [-0.25, -0.2) is 8.42 Å². The highest BCUT2D eigenvalue weighted by Gasteiger charge is 2.27. The Balaban J connectivity index is 1.74. The summed E-state index contributed by atoms with van der Waals surface area (Å²) >= 11 is 0. The lowest BCUT2D eigenvalue weighted by atomic mass is 9.93. The lowest BCUT2D eigenvalue weighted by Crippen LogP contribution is -2.32. The topological polar surface area (TPSA) is 66.5 Å². The maximum Gasteiger partial charge on any atom is 0.251 e. The normalized spacial score (nSPS) is 16.2. The van der Waals surface area contributed by atoms with Gasteiger partial charge in [-0.1, -0.05) is 52.0 Å². The molecule has 1 atom stereocenters. The van der Waals surface area contributed by atoms with Gasteiger partial charge >= 0.3 is 0 Å². The Hall–Kier alpha value is -2.18. The van der Waals surface area contributed by atoms with Crippen LogP contribution in [-0.2, 0) is 10.0 Å². The number of benzene rings is 2. The van der Waals surface area contributed by atoms with Gasteiger partial charge in [-0.15, -0.1) is 0 Å². The molecule has 0 aliphatic carbocycles. The molecule has 1 saturated heterocycles. The summed E-state index contributed by atoms with van der Waals surface area (Å²) in [5.41, 5.74) is 2.79. The molecule has 3 rings (SSSR count). The van der Waals surface area contributed by atoms with Gasteiger partial charge in [-0.2, -0.15) is 4.31 Å². The molecule has 162 valence electrons. The van der Waals surface area contributed by atoms with Crippen LogP contribution < -0.4 is 5.32 Å². The molecule has 1 aliphatic rings. The Morgan fingerprint density at radius 1 is 0.867 bits per heavy atom. The van der Waals surface area contributed by atoms with Gasteiger partial charge in [0.15, 0.2) is 0 Å². The molecule has 0 saturated carbocycles. The minimum Gasteiger partial charge on any atom is -0.345 e. The van der Waals surface area contributed by atoms with E-state index in [4.69, 9.17) is 0 Å². The Kier molecular flexibility index (Phi) is 6.98. The number of sulfonamides is 1. The molecule has 2 aromatic carbocycles. The first-order chi connectivity index (χ1) is 14.2. The maximum atomic E-state index is 12.9. The maximum absolute atomic E-state index is 12.9. The Morgan fingerprint density at radius 2 is 1.40 bits per heavy atom. The minimum absolute atomic E-state index is 0.119. The average molecular weight is 429 g/mol. The van der Waals surface area contributed by atoms with Gasteiger partial charge < -0.3 is 5.32 Å². The molecule has 5 nitrogen and oxygen atoms in total. The van der Waals surface area contributed by atoms with Crippen molar-refractivity contribution in [3.05, 3.63) is 65.2 Å². The quantitative estimate of drug-likeness (QED) is 0.694. The lowest BCUT2D eigenvalue weighted by Gasteiger charge is -2.23. The van der Waals surface area contributed by atoms with Crippen LogP contribution in [0.4, 0.5) is 0 Å². The van der Waals surface area contributed by atoms with E-state index in [0.29, 0.717) is 24.6 Å². The predicted molar refractivity (Wildman–Crippen MR) is 120 cm³/mol. The fourth-order valence-electron chi connectivity index (χ4n) is 3.80. The summed E-state index contributed by atoms with van der Waals surface area (Å²) in [6.07, 6.45) is 1.79. The molecule has 2 aromatic rings. The molecule has 1 aliphatic heterocycles. The second-order valence-corrected chi connectivity index (χ2v) is 10.6. The van der Waals surface area contributed by atoms with Gasteiger partial charge in [0.05, 0.1) is 10.9 Å². The third kappa shape index (κ3) is 4.93. The van der Waals surface area contributed by atoms with Crippen LogP contribution in [0.2, 0.25) is 0 Å². The van der Waals surface area contributed by atoms with Gasteiger partial charge in [0.1, 0.15) is 0 Å². The van der Waals surface area contributed by atoms with Crippen molar-refractivity contribution in [1.29, 1.82) is 0 Å². The van der Waals surface area contributed by atoms with E-state index in [2.05, 4.69) is 57.3 Å². The molecule has 0 bridgehead atoms. The third-order valence-corrected chi connectivity index (χ3v) is 7.65. The van der Waals surface area contributed by atoms with Gasteiger partial charge in [0.2, 0.25) is 10.0 Å². The largest absolute Gasteiger partial charge is 0.345 e. The minimum atomic E-state index is -3.47. The summed E-state index contributed by atoms with van der Waals surface area (Å²) in [5, 5.41) is 3.11. The van der Waals surface area contributed by atoms with E-state index in [-0.39, 0.29) is 22.8 Å². The first-order valence-electron chi connectivity index (χ1n) is 10.7. The monoisotopic (exact) mass is 428 g/mol. The second kappa shape index (κ2) is 9.31. The van der Waals surface area contributed by atoms with Crippen LogP contribution in [-0.4, -0.2) is 31.7 Å². The number of hydrogen-bond acceptors (Lipinski definition) is 3. The van der Waals surface area contributed by atoms with Crippen LogP contribution in [0.5, 0.6) is 0 Å². The summed E-state index contributed by atoms with van der Waals surface area (Å²) in [6.45, 7) is 9.60. The molecule has 1 unspecified atom stereocenters. The van der Waals surface area contributed by atoms with E-state index in [0.717, 1.165) is 18.4 Å². The molecular formula is C24H32N2O3S. The summed E-state index contributed by atoms with van der Waals surface area (Å²) in [5.74, 6) is 0.474. The van der Waals surface area contributed by atoms with Crippen molar-refractivity contribution in [2.45, 2.75) is 57.4 Å². The molecule has 30 heavy (non-hydrogen) atoms. The van der Waals surface area contributed by atoms with Crippen LogP contribution in [0.1, 0.15) is 74.0 Å². The van der Waals surface area contributed by atoms with Crippen molar-refractivity contribution in [3.8, 4) is 0 Å². The lowest BCUT2D eigenvalue weighted by molar-refractivity contribution is 0.0925. The standard InChI is InChI=1S/C24H32N2O3S/c1-17(2)19-7-9-20(10-8-19)23(18(3)4)25-24(27)21-11-13-22(14-12-21)30(28,29)26-15-5-6-16-26/h7-14,17-18,23H,5-6,15-16H2,1-4H3,(H,25,27). The molecule has 0 aromatic heterocycles. The first kappa shape index (κ1) is 22.5. The van der Waals surface area contributed by atoms with Crippen molar-refractivity contribution in [2.24, 2.45) is 5.92 Å². The van der Waals surface area contributed by atoms with E-state index in [1.165, 1.54) is 22.0 Å². The summed E-state index contributed by atoms with van der Waals surface area (Å²) < 4.78 is 26.8. The van der Waals surface area contributed by atoms with E-state index in [9.17, 15) is 13.2 Å². The number of amides is 1. The number of nitrogens with one attached hydrogen (secondary N) is 1. The Labute approximate surface area is 180 Å². The van der Waals surface area contributed by atoms with Crippen molar-refractivity contribution >= 4 is 15.9 Å². The molecule has 6 heteroatoms. The number of rotatable bonds is 7. The Bertz CT molecular complexity index is 959. The van der Waals surface area contributed by atoms with E-state index in [1.54, 1.807) is 12.1 Å². The van der Waals surface area contributed by atoms with Crippen molar-refractivity contribution in [1.82, 2.24) is 9.62 Å². The number of nitrogens with zero attached hydrogens (tertiary/aromatic N) is 1. The Morgan fingerprint density at radius 3 is 1.90 bits per heavy atom. The third-order valence-electron chi connectivity index (χ3n) is 5.73. The number of carbonyl (C=O) groups is 1. The van der Waals surface area contributed by atoms with Crippen LogP contribution in [0.25, 0.3) is 0 Å². The van der Waals surface area contributed by atoms with Gasteiger partial charge in [0, 0.05) is 18.7 Å². The van der Waals surface area contributed by atoms with Crippen molar-refractivity contribution in [3.63, 3.8) is 0 Å². The zero-order valence-electron chi connectivity index (χ0n) is 18.3. The van der Waals surface area contributed by atoms with Crippen LogP contribution in [0.3, 0.4) is 0 Å².